The van der Waals surface area contributed by atoms with E-state index in [0.29, 0.717) is 19.0 Å². The molecule has 0 saturated carbocycles. The Balaban J connectivity index is 1.53. The molecule has 22 heavy (non-hydrogen) atoms. The minimum atomic E-state index is -0.387. The molecule has 0 aliphatic heterocycles. The number of rotatable bonds is 8. The number of thiazole rings is 1. The fourth-order valence-electron chi connectivity index (χ4n) is 1.65. The van der Waals surface area contributed by atoms with Crippen LogP contribution >= 0.6 is 34.7 Å². The second-order valence-corrected chi connectivity index (χ2v) is 6.72. The van der Waals surface area contributed by atoms with Crippen molar-refractivity contribution in [2.24, 2.45) is 0 Å². The number of amides is 1. The number of ether oxygens (including phenoxy) is 1. The number of nitrogens with one attached hydrogen (secondary N) is 1. The fraction of sp³-hybridized carbons (Fsp3) is 0.333. The number of carbonyl (C=O) groups is 1. The average molecular weight is 357 g/mol. The van der Waals surface area contributed by atoms with E-state index in [1.54, 1.807) is 23.1 Å². The summed E-state index contributed by atoms with van der Waals surface area (Å²) in [5.41, 5.74) is 2.02. The van der Waals surface area contributed by atoms with E-state index in [2.05, 4.69) is 10.3 Å². The van der Waals surface area contributed by atoms with E-state index in [4.69, 9.17) is 16.3 Å². The summed E-state index contributed by atoms with van der Waals surface area (Å²) < 4.78 is 5.13. The SMILES string of the molecule is O=C(NCCSCc1csc(CCl)n1)OCc1ccccc1. The molecule has 0 saturated heterocycles. The summed E-state index contributed by atoms with van der Waals surface area (Å²) in [5.74, 6) is 2.10. The lowest BCUT2D eigenvalue weighted by molar-refractivity contribution is 0.140. The first-order chi connectivity index (χ1) is 10.8. The second kappa shape index (κ2) is 9.71. The standard InChI is InChI=1S/C15H17ClN2O2S2/c16-8-14-18-13(11-22-14)10-21-7-6-17-15(19)20-9-12-4-2-1-3-5-12/h1-5,11H,6-10H2,(H,17,19). The molecule has 0 aliphatic carbocycles. The van der Waals surface area contributed by atoms with Crippen LogP contribution in [0.3, 0.4) is 0 Å². The van der Waals surface area contributed by atoms with Crippen LogP contribution in [0.5, 0.6) is 0 Å². The lowest BCUT2D eigenvalue weighted by Gasteiger charge is -2.06. The third-order valence-corrected chi connectivity index (χ3v) is 4.99. The molecule has 1 N–H and O–H groups in total. The van der Waals surface area contributed by atoms with Crippen LogP contribution in [-0.4, -0.2) is 23.4 Å². The Morgan fingerprint density at radius 3 is 2.91 bits per heavy atom. The normalized spacial score (nSPS) is 10.4. The summed E-state index contributed by atoms with van der Waals surface area (Å²) in [6.07, 6.45) is -0.387. The largest absolute Gasteiger partial charge is 0.445 e. The number of benzene rings is 1. The Morgan fingerprint density at radius 1 is 1.36 bits per heavy atom. The molecule has 0 radical (unpaired) electrons. The summed E-state index contributed by atoms with van der Waals surface area (Å²) in [7, 11) is 0. The number of carbonyl (C=O) groups excluding carboxylic acids is 1. The molecule has 0 fully saturated rings. The van der Waals surface area contributed by atoms with E-state index in [-0.39, 0.29) is 6.09 Å². The summed E-state index contributed by atoms with van der Waals surface area (Å²) in [4.78, 5) is 15.9. The van der Waals surface area contributed by atoms with Crippen LogP contribution in [0.15, 0.2) is 35.7 Å². The number of hydrogen-bond acceptors (Lipinski definition) is 5. The van der Waals surface area contributed by atoms with Gasteiger partial charge < -0.3 is 10.1 Å². The highest BCUT2D eigenvalue weighted by molar-refractivity contribution is 7.98. The van der Waals surface area contributed by atoms with Gasteiger partial charge in [0.25, 0.3) is 0 Å². The fourth-order valence-corrected chi connectivity index (χ4v) is 3.40. The summed E-state index contributed by atoms with van der Waals surface area (Å²) >= 11 is 9.01. The molecule has 1 heterocycles. The minimum Gasteiger partial charge on any atom is -0.445 e. The average Bonchev–Trinajstić information content (AvgIpc) is 3.01. The number of thioether (sulfide) groups is 1. The van der Waals surface area contributed by atoms with Crippen LogP contribution in [0, 0.1) is 0 Å². The van der Waals surface area contributed by atoms with Crippen molar-refractivity contribution in [2.45, 2.75) is 18.2 Å². The second-order valence-electron chi connectivity index (χ2n) is 4.41. The Kier molecular flexibility index (Phi) is 7.56. The van der Waals surface area contributed by atoms with Gasteiger partial charge in [-0.3, -0.25) is 0 Å². The number of alkyl halides is 1. The monoisotopic (exact) mass is 356 g/mol. The van der Waals surface area contributed by atoms with Crippen molar-refractivity contribution in [3.63, 3.8) is 0 Å². The first kappa shape index (κ1) is 17.1. The quantitative estimate of drug-likeness (QED) is 0.573. The molecule has 4 nitrogen and oxygen atoms in total. The lowest BCUT2D eigenvalue weighted by atomic mass is 10.2. The highest BCUT2D eigenvalue weighted by atomic mass is 35.5. The van der Waals surface area contributed by atoms with E-state index in [1.165, 1.54) is 0 Å². The van der Waals surface area contributed by atoms with E-state index >= 15 is 0 Å². The lowest BCUT2D eigenvalue weighted by Crippen LogP contribution is -2.26. The van der Waals surface area contributed by atoms with Gasteiger partial charge >= 0.3 is 6.09 Å². The summed E-state index contributed by atoms with van der Waals surface area (Å²) in [6.45, 7) is 0.866. The predicted octanol–water partition coefficient (Wildman–Crippen LogP) is 4.04. The van der Waals surface area contributed by atoms with Gasteiger partial charge in [-0.05, 0) is 5.56 Å². The maximum absolute atomic E-state index is 11.5. The third kappa shape index (κ3) is 6.25. The van der Waals surface area contributed by atoms with Crippen molar-refractivity contribution in [3.8, 4) is 0 Å². The van der Waals surface area contributed by atoms with Crippen molar-refractivity contribution >= 4 is 40.8 Å². The molecule has 2 aromatic rings. The summed E-state index contributed by atoms with van der Waals surface area (Å²) in [6, 6.07) is 9.61. The van der Waals surface area contributed by atoms with E-state index in [1.807, 2.05) is 35.7 Å². The first-order valence-corrected chi connectivity index (χ1v) is 9.36. The molecule has 0 aliphatic rings. The smallest absolute Gasteiger partial charge is 0.407 e. The maximum Gasteiger partial charge on any atom is 0.407 e. The van der Waals surface area contributed by atoms with Gasteiger partial charge in [0, 0.05) is 23.4 Å². The molecule has 118 valence electrons. The van der Waals surface area contributed by atoms with Crippen molar-refractivity contribution in [2.75, 3.05) is 12.3 Å². The Morgan fingerprint density at radius 2 is 2.18 bits per heavy atom. The van der Waals surface area contributed by atoms with Crippen molar-refractivity contribution in [1.29, 1.82) is 0 Å². The zero-order valence-corrected chi connectivity index (χ0v) is 14.3. The number of halogens is 1. The molecule has 0 atom stereocenters. The van der Waals surface area contributed by atoms with E-state index in [0.717, 1.165) is 27.8 Å². The van der Waals surface area contributed by atoms with Gasteiger partial charge in [-0.25, -0.2) is 9.78 Å². The van der Waals surface area contributed by atoms with Gasteiger partial charge in [-0.1, -0.05) is 30.3 Å². The molecular formula is C15H17ClN2O2S2. The highest BCUT2D eigenvalue weighted by Gasteiger charge is 2.03. The number of hydrogen-bond donors (Lipinski definition) is 1. The molecule has 0 bridgehead atoms. The van der Waals surface area contributed by atoms with Crippen LogP contribution in [-0.2, 0) is 23.0 Å². The zero-order valence-electron chi connectivity index (χ0n) is 12.0. The molecule has 1 aromatic heterocycles. The maximum atomic E-state index is 11.5. The van der Waals surface area contributed by atoms with Gasteiger partial charge in [0.05, 0.1) is 11.6 Å². The highest BCUT2D eigenvalue weighted by Crippen LogP contribution is 2.16. The Bertz CT molecular complexity index is 578. The van der Waals surface area contributed by atoms with Crippen LogP contribution in [0.4, 0.5) is 4.79 Å². The minimum absolute atomic E-state index is 0.292. The molecule has 2 rings (SSSR count). The predicted molar refractivity (Wildman–Crippen MR) is 92.5 cm³/mol. The topological polar surface area (TPSA) is 51.2 Å². The van der Waals surface area contributed by atoms with Crippen LogP contribution in [0.25, 0.3) is 0 Å². The summed E-state index contributed by atoms with van der Waals surface area (Å²) in [5, 5.41) is 5.70. The molecule has 1 amide bonds. The number of alkyl carbamates (subject to hydrolysis) is 1. The van der Waals surface area contributed by atoms with Gasteiger partial charge in [0.1, 0.15) is 11.6 Å². The van der Waals surface area contributed by atoms with Crippen molar-refractivity contribution < 1.29 is 9.53 Å². The van der Waals surface area contributed by atoms with Crippen molar-refractivity contribution in [1.82, 2.24) is 10.3 Å². The van der Waals surface area contributed by atoms with Gasteiger partial charge in [-0.2, -0.15) is 11.8 Å². The van der Waals surface area contributed by atoms with Gasteiger partial charge in [-0.15, -0.1) is 22.9 Å². The van der Waals surface area contributed by atoms with E-state index in [9.17, 15) is 4.79 Å². The van der Waals surface area contributed by atoms with E-state index < -0.39 is 0 Å². The number of nitrogens with zero attached hydrogens (tertiary/aromatic N) is 1. The van der Waals surface area contributed by atoms with Crippen LogP contribution in [0.2, 0.25) is 0 Å². The third-order valence-electron chi connectivity index (χ3n) is 2.69. The Hall–Kier alpha value is -1.24. The first-order valence-electron chi connectivity index (χ1n) is 6.79. The van der Waals surface area contributed by atoms with Crippen molar-refractivity contribution in [3.05, 3.63) is 52.0 Å². The number of aromatic nitrogens is 1. The Labute approximate surface area is 143 Å². The van der Waals surface area contributed by atoms with Crippen LogP contribution < -0.4 is 5.32 Å². The molecule has 7 heteroatoms. The van der Waals surface area contributed by atoms with Crippen LogP contribution in [0.1, 0.15) is 16.3 Å². The van der Waals surface area contributed by atoms with Gasteiger partial charge in [0.15, 0.2) is 0 Å². The molecular weight excluding hydrogens is 340 g/mol. The zero-order chi connectivity index (χ0) is 15.6. The van der Waals surface area contributed by atoms with Gasteiger partial charge in [0.2, 0.25) is 0 Å². The molecule has 1 aromatic carbocycles. The molecule has 0 spiro atoms. The molecule has 0 unspecified atom stereocenters.